The predicted molar refractivity (Wildman–Crippen MR) is 91.9 cm³/mol. The summed E-state index contributed by atoms with van der Waals surface area (Å²) in [5, 5.41) is 3.51. The third-order valence-corrected chi connectivity index (χ3v) is 4.47. The molecule has 0 amide bonds. The summed E-state index contributed by atoms with van der Waals surface area (Å²) in [6.07, 6.45) is 2.67. The fourth-order valence-electron chi connectivity index (χ4n) is 2.44. The fraction of sp³-hybridized carbons (Fsp3) is 0.647. The third kappa shape index (κ3) is 5.97. The molecule has 0 spiro atoms. The zero-order valence-corrected chi connectivity index (χ0v) is 15.0. The monoisotopic (exact) mass is 354 g/mol. The van der Waals surface area contributed by atoms with E-state index in [-0.39, 0.29) is 5.54 Å². The SMILES string of the molecule is CC(C)(C)NCc1cc(OCCN2CCCC2)ccc1Br. The van der Waals surface area contributed by atoms with Crippen molar-refractivity contribution >= 4 is 15.9 Å². The minimum absolute atomic E-state index is 0.117. The van der Waals surface area contributed by atoms with Crippen LogP contribution in [0.4, 0.5) is 0 Å². The molecule has 1 fully saturated rings. The highest BCUT2D eigenvalue weighted by molar-refractivity contribution is 9.10. The van der Waals surface area contributed by atoms with Gasteiger partial charge in [0.05, 0.1) is 0 Å². The molecular formula is C17H27BrN2O. The molecule has 118 valence electrons. The second-order valence-corrected chi connectivity index (χ2v) is 7.61. The van der Waals surface area contributed by atoms with Crippen LogP contribution in [0, 0.1) is 0 Å². The topological polar surface area (TPSA) is 24.5 Å². The largest absolute Gasteiger partial charge is 0.492 e. The van der Waals surface area contributed by atoms with Crippen molar-refractivity contribution in [1.82, 2.24) is 10.2 Å². The minimum atomic E-state index is 0.117. The van der Waals surface area contributed by atoms with Crippen molar-refractivity contribution in [2.45, 2.75) is 45.7 Å². The number of halogens is 1. The number of rotatable bonds is 6. The second-order valence-electron chi connectivity index (χ2n) is 6.75. The average Bonchev–Trinajstić information content (AvgIpc) is 2.91. The van der Waals surface area contributed by atoms with Gasteiger partial charge in [-0.3, -0.25) is 4.90 Å². The normalized spacial score (nSPS) is 16.4. The van der Waals surface area contributed by atoms with Crippen LogP contribution in [-0.4, -0.2) is 36.7 Å². The van der Waals surface area contributed by atoms with Crippen LogP contribution in [0.2, 0.25) is 0 Å². The fourth-order valence-corrected chi connectivity index (χ4v) is 2.82. The number of hydrogen-bond donors (Lipinski definition) is 1. The summed E-state index contributed by atoms with van der Waals surface area (Å²) in [5.74, 6) is 0.961. The van der Waals surface area contributed by atoms with Crippen LogP contribution in [0.25, 0.3) is 0 Å². The molecule has 0 aromatic heterocycles. The van der Waals surface area contributed by atoms with Crippen molar-refractivity contribution in [2.24, 2.45) is 0 Å². The summed E-state index contributed by atoms with van der Waals surface area (Å²) >= 11 is 3.62. The van der Waals surface area contributed by atoms with Gasteiger partial charge in [0.25, 0.3) is 0 Å². The van der Waals surface area contributed by atoms with Gasteiger partial charge in [-0.1, -0.05) is 15.9 Å². The maximum atomic E-state index is 5.91. The molecule has 1 aliphatic rings. The van der Waals surface area contributed by atoms with Gasteiger partial charge in [-0.25, -0.2) is 0 Å². The van der Waals surface area contributed by atoms with E-state index in [1.165, 1.54) is 31.5 Å². The summed E-state index contributed by atoms with van der Waals surface area (Å²) in [7, 11) is 0. The van der Waals surface area contributed by atoms with E-state index in [1.54, 1.807) is 0 Å². The molecule has 3 nitrogen and oxygen atoms in total. The van der Waals surface area contributed by atoms with Gasteiger partial charge in [0.1, 0.15) is 12.4 Å². The zero-order valence-electron chi connectivity index (χ0n) is 13.4. The first-order valence-electron chi connectivity index (χ1n) is 7.83. The number of nitrogens with zero attached hydrogens (tertiary/aromatic N) is 1. The Morgan fingerprint density at radius 3 is 2.62 bits per heavy atom. The summed E-state index contributed by atoms with van der Waals surface area (Å²) in [6.45, 7) is 11.6. The van der Waals surface area contributed by atoms with Crippen LogP contribution in [0.5, 0.6) is 5.75 Å². The van der Waals surface area contributed by atoms with E-state index < -0.39 is 0 Å². The lowest BCUT2D eigenvalue weighted by Gasteiger charge is -2.21. The Bertz CT molecular complexity index is 451. The van der Waals surface area contributed by atoms with E-state index in [1.807, 2.05) is 6.07 Å². The van der Waals surface area contributed by atoms with E-state index >= 15 is 0 Å². The van der Waals surface area contributed by atoms with Gasteiger partial charge >= 0.3 is 0 Å². The Labute approximate surface area is 137 Å². The molecule has 1 saturated heterocycles. The van der Waals surface area contributed by atoms with E-state index in [0.29, 0.717) is 0 Å². The van der Waals surface area contributed by atoms with Crippen molar-refractivity contribution in [3.63, 3.8) is 0 Å². The van der Waals surface area contributed by atoms with E-state index in [2.05, 4.69) is 59.1 Å². The molecule has 0 aliphatic carbocycles. The van der Waals surface area contributed by atoms with Crippen molar-refractivity contribution in [3.05, 3.63) is 28.2 Å². The molecule has 1 aromatic rings. The smallest absolute Gasteiger partial charge is 0.119 e. The molecule has 1 N–H and O–H groups in total. The molecule has 0 saturated carbocycles. The van der Waals surface area contributed by atoms with Crippen LogP contribution in [0.15, 0.2) is 22.7 Å². The van der Waals surface area contributed by atoms with Crippen LogP contribution >= 0.6 is 15.9 Å². The third-order valence-electron chi connectivity index (χ3n) is 3.70. The summed E-state index contributed by atoms with van der Waals surface area (Å²) in [5.41, 5.74) is 1.36. The number of likely N-dealkylation sites (tertiary alicyclic amines) is 1. The molecule has 0 bridgehead atoms. The van der Waals surface area contributed by atoms with E-state index in [9.17, 15) is 0 Å². The molecular weight excluding hydrogens is 328 g/mol. The molecule has 0 radical (unpaired) electrons. The number of benzene rings is 1. The first-order valence-corrected chi connectivity index (χ1v) is 8.62. The quantitative estimate of drug-likeness (QED) is 0.840. The van der Waals surface area contributed by atoms with Gasteiger partial charge in [0.15, 0.2) is 0 Å². The predicted octanol–water partition coefficient (Wildman–Crippen LogP) is 3.81. The van der Waals surface area contributed by atoms with E-state index in [0.717, 1.165) is 29.9 Å². The Morgan fingerprint density at radius 2 is 1.95 bits per heavy atom. The molecule has 4 heteroatoms. The molecule has 1 aliphatic heterocycles. The van der Waals surface area contributed by atoms with Crippen LogP contribution in [0.3, 0.4) is 0 Å². The van der Waals surface area contributed by atoms with Gasteiger partial charge in [-0.15, -0.1) is 0 Å². The molecule has 1 aromatic carbocycles. The second kappa shape index (κ2) is 7.61. The van der Waals surface area contributed by atoms with Crippen LogP contribution in [0.1, 0.15) is 39.2 Å². The van der Waals surface area contributed by atoms with Gasteiger partial charge < -0.3 is 10.1 Å². The van der Waals surface area contributed by atoms with Gasteiger partial charge in [0, 0.05) is 23.1 Å². The van der Waals surface area contributed by atoms with Crippen LogP contribution < -0.4 is 10.1 Å². The molecule has 1 heterocycles. The number of ether oxygens (including phenoxy) is 1. The highest BCUT2D eigenvalue weighted by Crippen LogP contribution is 2.23. The highest BCUT2D eigenvalue weighted by Gasteiger charge is 2.12. The summed E-state index contributed by atoms with van der Waals surface area (Å²) in [6, 6.07) is 6.24. The average molecular weight is 355 g/mol. The molecule has 0 atom stereocenters. The number of nitrogens with one attached hydrogen (secondary N) is 1. The first kappa shape index (κ1) is 16.8. The van der Waals surface area contributed by atoms with E-state index in [4.69, 9.17) is 4.74 Å². The molecule has 2 rings (SSSR count). The zero-order chi connectivity index (χ0) is 15.3. The van der Waals surface area contributed by atoms with Crippen molar-refractivity contribution in [2.75, 3.05) is 26.2 Å². The molecule has 21 heavy (non-hydrogen) atoms. The van der Waals surface area contributed by atoms with Crippen molar-refractivity contribution in [1.29, 1.82) is 0 Å². The highest BCUT2D eigenvalue weighted by atomic mass is 79.9. The summed E-state index contributed by atoms with van der Waals surface area (Å²) < 4.78 is 7.04. The van der Waals surface area contributed by atoms with Gasteiger partial charge in [-0.2, -0.15) is 0 Å². The first-order chi connectivity index (χ1) is 9.94. The maximum absolute atomic E-state index is 5.91. The molecule has 0 unspecified atom stereocenters. The minimum Gasteiger partial charge on any atom is -0.492 e. The lowest BCUT2D eigenvalue weighted by molar-refractivity contribution is 0.237. The number of hydrogen-bond acceptors (Lipinski definition) is 3. The van der Waals surface area contributed by atoms with Gasteiger partial charge in [0.2, 0.25) is 0 Å². The maximum Gasteiger partial charge on any atom is 0.119 e. The Morgan fingerprint density at radius 1 is 1.24 bits per heavy atom. The standard InChI is InChI=1S/C17H27BrN2O/c1-17(2,3)19-13-14-12-15(6-7-16(14)18)21-11-10-20-8-4-5-9-20/h6-7,12,19H,4-5,8-11,13H2,1-3H3. The van der Waals surface area contributed by atoms with Crippen LogP contribution in [-0.2, 0) is 6.54 Å². The Kier molecular flexibility index (Phi) is 6.08. The summed E-state index contributed by atoms with van der Waals surface area (Å²) in [4.78, 5) is 2.47. The van der Waals surface area contributed by atoms with Crippen molar-refractivity contribution < 1.29 is 4.74 Å². The lowest BCUT2D eigenvalue weighted by atomic mass is 10.1. The Hall–Kier alpha value is -0.580. The van der Waals surface area contributed by atoms with Gasteiger partial charge in [-0.05, 0) is 70.5 Å². The van der Waals surface area contributed by atoms with Crippen molar-refractivity contribution in [3.8, 4) is 5.75 Å². The lowest BCUT2D eigenvalue weighted by Crippen LogP contribution is -2.35. The Balaban J connectivity index is 1.85.